The molecule has 0 atom stereocenters. The molecule has 0 amide bonds. The third-order valence-electron chi connectivity index (χ3n) is 14.2. The van der Waals surface area contributed by atoms with Gasteiger partial charge in [0, 0.05) is 0 Å². The van der Waals surface area contributed by atoms with Crippen molar-refractivity contribution in [1.29, 1.82) is 0 Å². The summed E-state index contributed by atoms with van der Waals surface area (Å²) in [5.74, 6) is 0. The zero-order chi connectivity index (χ0) is 53.5. The summed E-state index contributed by atoms with van der Waals surface area (Å²) in [4.78, 5) is 0. The van der Waals surface area contributed by atoms with Crippen molar-refractivity contribution in [3.05, 3.63) is 156 Å². The first-order chi connectivity index (χ1) is 33.2. The van der Waals surface area contributed by atoms with Gasteiger partial charge in [-0.1, -0.05) is 235 Å². The first kappa shape index (κ1) is 58.4. The van der Waals surface area contributed by atoms with Gasteiger partial charge < -0.3 is 0 Å². The van der Waals surface area contributed by atoms with Crippen LogP contribution in [0.3, 0.4) is 0 Å². The topological polar surface area (TPSA) is 0 Å². The molecule has 0 fully saturated rings. The first-order valence-corrected chi connectivity index (χ1v) is 47.1. The maximum atomic E-state index is 4.93. The van der Waals surface area contributed by atoms with Gasteiger partial charge in [-0.05, 0) is 35.8 Å². The SMILES string of the molecule is Cc1ccc2[cH-]c(C(C)(C)C)cc2c1-c1cc([Si](C)(C)C)cc([Si](C)(C)C)c1.Cc1ccc2[cH-]c(C(C)(C)C)cc2c1-c1cc([Si](C)(C)C)cc([Si](C)(C)C)c1.[Cl][Zr][Cl].[c-]1cccc2c1[Si]c1ccccc1-2. The molecule has 1 aliphatic rings. The van der Waals surface area contributed by atoms with Gasteiger partial charge in [0.05, 0.1) is 41.8 Å². The Hall–Kier alpha value is -2.91. The molecule has 9 rings (SSSR count). The quantitative estimate of drug-likeness (QED) is 0.115. The van der Waals surface area contributed by atoms with Crippen molar-refractivity contribution in [1.82, 2.24) is 0 Å². The molecule has 1 heterocycles. The van der Waals surface area contributed by atoms with Gasteiger partial charge in [0.1, 0.15) is 0 Å². The van der Waals surface area contributed by atoms with E-state index in [0.717, 1.165) is 9.52 Å². The van der Waals surface area contributed by atoms with Gasteiger partial charge in [-0.2, -0.15) is 41.6 Å². The number of rotatable bonds is 6. The zero-order valence-electron chi connectivity index (χ0n) is 47.4. The molecule has 0 saturated heterocycles. The summed E-state index contributed by atoms with van der Waals surface area (Å²) in [5, 5.41) is 14.7. The molecule has 0 unspecified atom stereocenters. The Morgan fingerprint density at radius 1 is 0.472 bits per heavy atom. The van der Waals surface area contributed by atoms with Crippen molar-refractivity contribution in [2.24, 2.45) is 0 Å². The van der Waals surface area contributed by atoms with Gasteiger partial charge in [0.2, 0.25) is 0 Å². The van der Waals surface area contributed by atoms with Gasteiger partial charge in [-0.25, -0.2) is 0 Å². The van der Waals surface area contributed by atoms with Gasteiger partial charge >= 0.3 is 37.9 Å². The van der Waals surface area contributed by atoms with Crippen LogP contribution < -0.4 is 31.1 Å². The Balaban J connectivity index is 0.000000181. The summed E-state index contributed by atoms with van der Waals surface area (Å²) in [6, 6.07) is 52.1. The van der Waals surface area contributed by atoms with Crippen molar-refractivity contribution in [3.63, 3.8) is 0 Å². The summed E-state index contributed by atoms with van der Waals surface area (Å²) < 4.78 is 0. The van der Waals surface area contributed by atoms with Crippen LogP contribution in [-0.2, 0) is 31.7 Å². The number of halogens is 2. The van der Waals surface area contributed by atoms with Crippen LogP contribution in [0.4, 0.5) is 0 Å². The van der Waals surface area contributed by atoms with Crippen molar-refractivity contribution in [2.75, 3.05) is 0 Å². The predicted octanol–water partition coefficient (Wildman–Crippen LogP) is 16.3. The van der Waals surface area contributed by atoms with E-state index in [0.29, 0.717) is 0 Å². The Bertz CT molecular complexity index is 2910. The van der Waals surface area contributed by atoms with Crippen LogP contribution >= 0.6 is 17.0 Å². The number of benzene rings is 6. The summed E-state index contributed by atoms with van der Waals surface area (Å²) in [5.41, 5.74) is 14.5. The fourth-order valence-electron chi connectivity index (χ4n) is 9.42. The molecular formula is C64H81Cl2Si5Zr-3. The summed E-state index contributed by atoms with van der Waals surface area (Å²) >= 11 is -0.826. The summed E-state index contributed by atoms with van der Waals surface area (Å²) in [6.45, 7) is 48.0. The van der Waals surface area contributed by atoms with Crippen LogP contribution in [0.25, 0.3) is 54.9 Å². The third-order valence-corrected chi connectivity index (χ3v) is 23.6. The average molecular weight is 1150 g/mol. The predicted molar refractivity (Wildman–Crippen MR) is 336 cm³/mol. The van der Waals surface area contributed by atoms with E-state index in [-0.39, 0.29) is 10.8 Å². The Labute approximate surface area is 462 Å². The molecular weight excluding hydrogens is 1070 g/mol. The third kappa shape index (κ3) is 13.9. The van der Waals surface area contributed by atoms with E-state index in [1.165, 1.54) is 87.6 Å². The van der Waals surface area contributed by atoms with Gasteiger partial charge in [0.15, 0.2) is 0 Å². The van der Waals surface area contributed by atoms with Crippen LogP contribution in [0.2, 0.25) is 78.6 Å². The van der Waals surface area contributed by atoms with E-state index in [4.69, 9.17) is 17.0 Å². The van der Waals surface area contributed by atoms with E-state index in [1.54, 1.807) is 20.7 Å². The smallest absolute Gasteiger partial charge is 0.0920 e. The van der Waals surface area contributed by atoms with Gasteiger partial charge in [0.25, 0.3) is 0 Å². The van der Waals surface area contributed by atoms with Crippen molar-refractivity contribution in [2.45, 2.75) is 145 Å². The molecule has 0 saturated carbocycles. The molecule has 0 spiro atoms. The molecule has 8 heteroatoms. The van der Waals surface area contributed by atoms with Crippen LogP contribution in [-0.4, -0.2) is 41.8 Å². The summed E-state index contributed by atoms with van der Waals surface area (Å²) in [6.07, 6.45) is 0. The van der Waals surface area contributed by atoms with Crippen LogP contribution in [0.15, 0.2) is 127 Å². The van der Waals surface area contributed by atoms with E-state index in [9.17, 15) is 0 Å². The number of hydrogen-bond acceptors (Lipinski definition) is 0. The van der Waals surface area contributed by atoms with E-state index in [1.807, 2.05) is 6.07 Å². The molecule has 72 heavy (non-hydrogen) atoms. The van der Waals surface area contributed by atoms with E-state index in [2.05, 4.69) is 261 Å². The Morgan fingerprint density at radius 3 is 1.19 bits per heavy atom. The number of fused-ring (bicyclic) bond motifs is 5. The zero-order valence-corrected chi connectivity index (χ0v) is 56.4. The Morgan fingerprint density at radius 2 is 0.833 bits per heavy atom. The maximum Gasteiger partial charge on any atom is 0.0920 e. The minimum atomic E-state index is -1.40. The normalized spacial score (nSPS) is 12.8. The van der Waals surface area contributed by atoms with E-state index < -0.39 is 53.1 Å². The molecule has 0 N–H and O–H groups in total. The second-order valence-corrected chi connectivity index (χ2v) is 51.6. The fraction of sp³-hybridized carbons (Fsp3) is 0.344. The first-order valence-electron chi connectivity index (χ1n) is 25.8. The molecule has 0 aromatic heterocycles. The number of aryl methyl sites for hydroxylation is 2. The fourth-order valence-corrected chi connectivity index (χ4v) is 15.7. The molecule has 0 bridgehead atoms. The molecule has 0 aliphatic carbocycles. The average Bonchev–Trinajstić information content (AvgIpc) is 4.02. The molecule has 1 aliphatic heterocycles. The van der Waals surface area contributed by atoms with Crippen LogP contribution in [0, 0.1) is 19.9 Å². The monoisotopic (exact) mass is 1150 g/mol. The molecule has 8 aromatic carbocycles. The maximum absolute atomic E-state index is 4.93. The number of hydrogen-bond donors (Lipinski definition) is 0. The summed E-state index contributed by atoms with van der Waals surface area (Å²) in [7, 11) is 5.08. The van der Waals surface area contributed by atoms with Crippen molar-refractivity contribution in [3.8, 4) is 33.4 Å². The minimum Gasteiger partial charge on any atom is -0.184 e. The van der Waals surface area contributed by atoms with Crippen molar-refractivity contribution < 1.29 is 20.8 Å². The molecule has 8 aromatic rings. The van der Waals surface area contributed by atoms with E-state index >= 15 is 0 Å². The van der Waals surface area contributed by atoms with Crippen LogP contribution in [0.1, 0.15) is 63.8 Å². The van der Waals surface area contributed by atoms with Gasteiger partial charge in [-0.3, -0.25) is 0 Å². The molecule has 2 radical (unpaired) electrons. The van der Waals surface area contributed by atoms with Crippen LogP contribution in [0.5, 0.6) is 0 Å². The standard InChI is InChI=1S/2C26H37Si2.C12H7Si.2ClH.Zr/c2*1-18-11-12-19-13-21(26(2,3)4)16-24(19)25(18)20-14-22(27(5,6)7)17-23(15-20)28(8,9)10;1-3-7-11-9(5-1)10-6-2-4-8-12(10)13-11;;;/h2*11-17H,1-10H3;1-7H;2*1H;/q3*-1;;;+2/p-2. The molecule has 378 valence electrons. The Kier molecular flexibility index (Phi) is 18.1. The minimum absolute atomic E-state index is 0.174. The van der Waals surface area contributed by atoms with Gasteiger partial charge in [-0.15, -0.1) is 74.6 Å². The second kappa shape index (κ2) is 22.4. The molecule has 0 nitrogen and oxygen atoms in total. The van der Waals surface area contributed by atoms with Crippen molar-refractivity contribution >= 4 is 112 Å². The largest absolute Gasteiger partial charge is 0.184 e. The second-order valence-electron chi connectivity index (χ2n) is 26.3.